The number of thioether (sulfide) groups is 1. The number of ether oxygens (including phenoxy) is 1. The lowest BCUT2D eigenvalue weighted by atomic mass is 10.2. The van der Waals surface area contributed by atoms with Gasteiger partial charge in [0, 0.05) is 21.2 Å². The summed E-state index contributed by atoms with van der Waals surface area (Å²) in [6.07, 6.45) is 0.628. The number of amides is 1. The fraction of sp³-hybridized carbons (Fsp3) is 0.154. The molecule has 0 saturated carbocycles. The Balaban J connectivity index is 1.34. The number of nitrogens with one attached hydrogen (secondary N) is 1. The summed E-state index contributed by atoms with van der Waals surface area (Å²) < 4.78 is 5.32. The third-order valence-electron chi connectivity index (χ3n) is 5.95. The number of para-hydroxylation sites is 2. The van der Waals surface area contributed by atoms with Gasteiger partial charge in [-0.15, -0.1) is 10.2 Å². The molecule has 0 saturated heterocycles. The number of methoxy groups -OCH3 is 1. The van der Waals surface area contributed by atoms with Gasteiger partial charge in [0.2, 0.25) is 11.1 Å². The molecule has 0 aliphatic carbocycles. The zero-order chi connectivity index (χ0) is 23.9. The number of H-pyrrole nitrogens is 1. The quantitative estimate of drug-likeness (QED) is 0.288. The first kappa shape index (κ1) is 21.9. The van der Waals surface area contributed by atoms with Gasteiger partial charge in [-0.3, -0.25) is 9.69 Å². The van der Waals surface area contributed by atoms with E-state index in [1.165, 1.54) is 11.8 Å². The predicted molar refractivity (Wildman–Crippen MR) is 140 cm³/mol. The van der Waals surface area contributed by atoms with E-state index in [0.29, 0.717) is 22.7 Å². The maximum absolute atomic E-state index is 13.9. The summed E-state index contributed by atoms with van der Waals surface area (Å²) in [6, 6.07) is 21.8. The molecule has 9 heteroatoms. The molecule has 6 rings (SSSR count). The van der Waals surface area contributed by atoms with Crippen LogP contribution in [0.25, 0.3) is 22.1 Å². The fourth-order valence-corrected chi connectivity index (χ4v) is 6.16. The van der Waals surface area contributed by atoms with Crippen LogP contribution in [0.3, 0.4) is 0 Å². The summed E-state index contributed by atoms with van der Waals surface area (Å²) in [7, 11) is 1.64. The molecule has 174 valence electrons. The monoisotopic (exact) mass is 499 g/mol. The van der Waals surface area contributed by atoms with Crippen molar-refractivity contribution in [1.29, 1.82) is 0 Å². The van der Waals surface area contributed by atoms with Gasteiger partial charge in [0.25, 0.3) is 0 Å². The zero-order valence-electron chi connectivity index (χ0n) is 19.1. The third-order valence-corrected chi connectivity index (χ3v) is 8.28. The van der Waals surface area contributed by atoms with E-state index in [0.717, 1.165) is 37.8 Å². The second-order valence-corrected chi connectivity index (χ2v) is 10.3. The summed E-state index contributed by atoms with van der Waals surface area (Å²) in [4.78, 5) is 25.9. The highest BCUT2D eigenvalue weighted by atomic mass is 32.2. The molecule has 1 unspecified atom stereocenters. The van der Waals surface area contributed by atoms with Crippen LogP contribution in [-0.2, 0) is 4.79 Å². The number of carbonyl (C=O) groups excluding carboxylic acids is 1. The number of hydrogen-bond donors (Lipinski definition) is 1. The molecule has 3 aromatic carbocycles. The van der Waals surface area contributed by atoms with Crippen molar-refractivity contribution >= 4 is 62.9 Å². The molecule has 0 bridgehead atoms. The van der Waals surface area contributed by atoms with Crippen molar-refractivity contribution < 1.29 is 9.53 Å². The molecule has 0 fully saturated rings. The Morgan fingerprint density at radius 2 is 1.77 bits per heavy atom. The minimum absolute atomic E-state index is 0.00257. The van der Waals surface area contributed by atoms with Crippen LogP contribution in [0, 0.1) is 0 Å². The molecule has 0 radical (unpaired) electrons. The lowest BCUT2D eigenvalue weighted by Gasteiger charge is -2.33. The van der Waals surface area contributed by atoms with Crippen molar-refractivity contribution in [3.05, 3.63) is 66.7 Å². The van der Waals surface area contributed by atoms with Gasteiger partial charge in [-0.2, -0.15) is 0 Å². The van der Waals surface area contributed by atoms with Crippen LogP contribution in [0.4, 0.5) is 11.4 Å². The Hall–Kier alpha value is -3.56. The van der Waals surface area contributed by atoms with Crippen LogP contribution >= 0.6 is 23.5 Å². The standard InChI is InChI=1S/C26H21N5O2S2/c1-3-20(25(32)31-18-8-4-6-10-21(18)34-22-11-7-5-9-19(22)31)35-26-28-24-23(29-30-26)16-13-12-15(33-2)14-17(16)27-24/h4-14,20H,3H2,1-2H3,(H,27,28,30). The smallest absolute Gasteiger partial charge is 0.245 e. The number of carbonyl (C=O) groups is 1. The van der Waals surface area contributed by atoms with Crippen molar-refractivity contribution in [2.24, 2.45) is 0 Å². The molecule has 1 atom stereocenters. The van der Waals surface area contributed by atoms with E-state index in [2.05, 4.69) is 32.3 Å². The number of aromatic nitrogens is 4. The Morgan fingerprint density at radius 1 is 1.06 bits per heavy atom. The maximum Gasteiger partial charge on any atom is 0.245 e. The summed E-state index contributed by atoms with van der Waals surface area (Å²) >= 11 is 3.03. The fourth-order valence-electron chi connectivity index (χ4n) is 4.24. The van der Waals surface area contributed by atoms with Gasteiger partial charge in [-0.25, -0.2) is 4.98 Å². The Bertz CT molecular complexity index is 1540. The van der Waals surface area contributed by atoms with E-state index in [-0.39, 0.29) is 11.2 Å². The maximum atomic E-state index is 13.9. The predicted octanol–water partition coefficient (Wildman–Crippen LogP) is 6.21. The zero-order valence-corrected chi connectivity index (χ0v) is 20.7. The van der Waals surface area contributed by atoms with Crippen molar-refractivity contribution in [1.82, 2.24) is 20.2 Å². The number of rotatable bonds is 5. The average Bonchev–Trinajstić information content (AvgIpc) is 3.26. The first-order valence-electron chi connectivity index (χ1n) is 11.2. The number of aromatic amines is 1. The SMILES string of the molecule is CCC(Sc1nnc2c(n1)[nH]c1cc(OC)ccc12)C(=O)N1c2ccccc2Sc2ccccc21. The van der Waals surface area contributed by atoms with Crippen LogP contribution in [0.2, 0.25) is 0 Å². The molecule has 1 aliphatic rings. The van der Waals surface area contributed by atoms with Gasteiger partial charge < -0.3 is 9.72 Å². The van der Waals surface area contributed by atoms with E-state index in [9.17, 15) is 4.79 Å². The van der Waals surface area contributed by atoms with Gasteiger partial charge in [0.05, 0.1) is 29.3 Å². The summed E-state index contributed by atoms with van der Waals surface area (Å²) in [5.74, 6) is 0.756. The molecule has 7 nitrogen and oxygen atoms in total. The minimum Gasteiger partial charge on any atom is -0.497 e. The van der Waals surface area contributed by atoms with Gasteiger partial charge in [0.1, 0.15) is 11.3 Å². The molecule has 3 heterocycles. The second-order valence-electron chi connectivity index (χ2n) is 8.05. The first-order chi connectivity index (χ1) is 17.2. The Kier molecular flexibility index (Phi) is 5.58. The largest absolute Gasteiger partial charge is 0.497 e. The molecule has 2 aromatic heterocycles. The van der Waals surface area contributed by atoms with Crippen molar-refractivity contribution in [2.75, 3.05) is 12.0 Å². The summed E-state index contributed by atoms with van der Waals surface area (Å²) in [6.45, 7) is 2.01. The van der Waals surface area contributed by atoms with Crippen molar-refractivity contribution in [3.63, 3.8) is 0 Å². The van der Waals surface area contributed by atoms with Gasteiger partial charge in [0.15, 0.2) is 5.65 Å². The number of benzene rings is 3. The molecule has 1 amide bonds. The minimum atomic E-state index is -0.372. The Morgan fingerprint density at radius 3 is 2.46 bits per heavy atom. The van der Waals surface area contributed by atoms with Crippen LogP contribution in [0.1, 0.15) is 13.3 Å². The van der Waals surface area contributed by atoms with E-state index < -0.39 is 0 Å². The highest BCUT2D eigenvalue weighted by Gasteiger charge is 2.33. The molecular weight excluding hydrogens is 478 g/mol. The Labute approximate surface area is 210 Å². The molecule has 1 N–H and O–H groups in total. The van der Waals surface area contributed by atoms with Crippen LogP contribution in [0.5, 0.6) is 5.75 Å². The van der Waals surface area contributed by atoms with Crippen LogP contribution in [-0.4, -0.2) is 38.4 Å². The van der Waals surface area contributed by atoms with Gasteiger partial charge in [-0.05, 0) is 42.8 Å². The topological polar surface area (TPSA) is 84.0 Å². The van der Waals surface area contributed by atoms with Gasteiger partial charge >= 0.3 is 0 Å². The molecular formula is C26H21N5O2S2. The van der Waals surface area contributed by atoms with E-state index in [4.69, 9.17) is 4.74 Å². The number of hydrogen-bond acceptors (Lipinski definition) is 7. The second kappa shape index (κ2) is 8.90. The van der Waals surface area contributed by atoms with E-state index in [1.54, 1.807) is 18.9 Å². The van der Waals surface area contributed by atoms with Gasteiger partial charge in [-0.1, -0.05) is 54.7 Å². The number of nitrogens with zero attached hydrogens (tertiary/aromatic N) is 4. The lowest BCUT2D eigenvalue weighted by molar-refractivity contribution is -0.117. The van der Waals surface area contributed by atoms with E-state index in [1.807, 2.05) is 66.4 Å². The highest BCUT2D eigenvalue weighted by Crippen LogP contribution is 2.48. The molecule has 5 aromatic rings. The molecule has 1 aliphatic heterocycles. The normalized spacial score (nSPS) is 13.5. The molecule has 35 heavy (non-hydrogen) atoms. The summed E-state index contributed by atoms with van der Waals surface area (Å²) in [5, 5.41) is 9.79. The molecule has 0 spiro atoms. The lowest BCUT2D eigenvalue weighted by Crippen LogP contribution is -2.35. The number of fused-ring (bicyclic) bond motifs is 5. The van der Waals surface area contributed by atoms with Crippen molar-refractivity contribution in [3.8, 4) is 5.75 Å². The first-order valence-corrected chi connectivity index (χ1v) is 12.9. The van der Waals surface area contributed by atoms with Crippen molar-refractivity contribution in [2.45, 2.75) is 33.5 Å². The summed E-state index contributed by atoms with van der Waals surface area (Å²) in [5.41, 5.74) is 4.02. The van der Waals surface area contributed by atoms with Crippen LogP contribution in [0.15, 0.2) is 81.7 Å². The van der Waals surface area contributed by atoms with E-state index >= 15 is 0 Å². The third kappa shape index (κ3) is 3.81. The highest BCUT2D eigenvalue weighted by molar-refractivity contribution is 8.00. The average molecular weight is 500 g/mol. The number of anilines is 2. The van der Waals surface area contributed by atoms with Crippen LogP contribution < -0.4 is 9.64 Å².